The van der Waals surface area contributed by atoms with Crippen LogP contribution >= 0.6 is 11.8 Å². The Labute approximate surface area is 111 Å². The minimum Gasteiger partial charge on any atom is -0.494 e. The van der Waals surface area contributed by atoms with Crippen molar-refractivity contribution >= 4 is 22.6 Å². The van der Waals surface area contributed by atoms with E-state index < -0.39 is 0 Å². The molecule has 0 spiro atoms. The van der Waals surface area contributed by atoms with Gasteiger partial charge in [0.2, 0.25) is 0 Å². The molecule has 0 saturated carbocycles. The van der Waals surface area contributed by atoms with Crippen LogP contribution in [-0.2, 0) is 0 Å². The standard InChI is InChI=1S/C13H17FN2OS/c1-4-13(2)8-18-12(16-13)15-10-6-5-9(14)7-11(10)17-3/h5-7H,4,8H2,1-3H3,(H,15,16). The van der Waals surface area contributed by atoms with Crippen molar-refractivity contribution in [2.45, 2.75) is 25.8 Å². The summed E-state index contributed by atoms with van der Waals surface area (Å²) >= 11 is 1.68. The van der Waals surface area contributed by atoms with E-state index >= 15 is 0 Å². The Morgan fingerprint density at radius 2 is 2.33 bits per heavy atom. The highest BCUT2D eigenvalue weighted by atomic mass is 32.2. The zero-order chi connectivity index (χ0) is 13.2. The summed E-state index contributed by atoms with van der Waals surface area (Å²) < 4.78 is 18.2. The highest BCUT2D eigenvalue weighted by Crippen LogP contribution is 2.33. The number of aliphatic imine (C=N–C) groups is 1. The Morgan fingerprint density at radius 3 is 2.94 bits per heavy atom. The molecule has 98 valence electrons. The molecule has 1 aliphatic heterocycles. The predicted octanol–water partition coefficient (Wildman–Crippen LogP) is 3.52. The van der Waals surface area contributed by atoms with Crippen molar-refractivity contribution in [3.8, 4) is 5.75 Å². The first-order valence-electron chi connectivity index (χ1n) is 5.89. The first kappa shape index (κ1) is 13.2. The van der Waals surface area contributed by atoms with E-state index in [1.54, 1.807) is 17.8 Å². The van der Waals surface area contributed by atoms with E-state index in [0.29, 0.717) is 5.75 Å². The summed E-state index contributed by atoms with van der Waals surface area (Å²) in [6.45, 7) is 4.27. The summed E-state index contributed by atoms with van der Waals surface area (Å²) in [6, 6.07) is 4.43. The maximum Gasteiger partial charge on any atom is 0.161 e. The zero-order valence-corrected chi connectivity index (χ0v) is 11.6. The molecule has 0 amide bonds. The quantitative estimate of drug-likeness (QED) is 0.910. The van der Waals surface area contributed by atoms with Crippen LogP contribution in [0.5, 0.6) is 5.75 Å². The summed E-state index contributed by atoms with van der Waals surface area (Å²) in [6.07, 6.45) is 1.01. The number of hydrogen-bond acceptors (Lipinski definition) is 4. The average molecular weight is 268 g/mol. The molecule has 18 heavy (non-hydrogen) atoms. The lowest BCUT2D eigenvalue weighted by molar-refractivity contribution is 0.413. The van der Waals surface area contributed by atoms with Gasteiger partial charge in [-0.05, 0) is 25.5 Å². The van der Waals surface area contributed by atoms with Crippen LogP contribution in [0.4, 0.5) is 10.1 Å². The van der Waals surface area contributed by atoms with Crippen LogP contribution in [0.2, 0.25) is 0 Å². The van der Waals surface area contributed by atoms with Gasteiger partial charge in [-0.2, -0.15) is 0 Å². The second kappa shape index (κ2) is 5.18. The van der Waals surface area contributed by atoms with E-state index in [-0.39, 0.29) is 11.4 Å². The van der Waals surface area contributed by atoms with Crippen molar-refractivity contribution in [1.29, 1.82) is 0 Å². The number of nitrogens with one attached hydrogen (secondary N) is 1. The average Bonchev–Trinajstić information content (AvgIpc) is 2.74. The third kappa shape index (κ3) is 2.77. The van der Waals surface area contributed by atoms with Gasteiger partial charge in [-0.25, -0.2) is 4.39 Å². The predicted molar refractivity (Wildman–Crippen MR) is 75.2 cm³/mol. The molecule has 1 heterocycles. The van der Waals surface area contributed by atoms with Crippen molar-refractivity contribution in [3.05, 3.63) is 24.0 Å². The third-order valence-electron chi connectivity index (χ3n) is 3.06. The molecule has 1 unspecified atom stereocenters. The topological polar surface area (TPSA) is 33.6 Å². The molecule has 5 heteroatoms. The number of rotatable bonds is 3. The van der Waals surface area contributed by atoms with Gasteiger partial charge in [0, 0.05) is 11.8 Å². The van der Waals surface area contributed by atoms with Gasteiger partial charge >= 0.3 is 0 Å². The van der Waals surface area contributed by atoms with Gasteiger partial charge in [-0.3, -0.25) is 4.99 Å². The lowest BCUT2D eigenvalue weighted by atomic mass is 10.0. The van der Waals surface area contributed by atoms with Crippen LogP contribution in [0.1, 0.15) is 20.3 Å². The van der Waals surface area contributed by atoms with E-state index in [1.165, 1.54) is 19.2 Å². The van der Waals surface area contributed by atoms with Gasteiger partial charge in [-0.15, -0.1) is 0 Å². The molecule has 1 atom stereocenters. The number of halogens is 1. The maximum absolute atomic E-state index is 13.1. The second-order valence-electron chi connectivity index (χ2n) is 4.53. The maximum atomic E-state index is 13.1. The molecule has 1 aromatic carbocycles. The minimum atomic E-state index is -0.309. The number of methoxy groups -OCH3 is 1. The summed E-state index contributed by atoms with van der Waals surface area (Å²) in [7, 11) is 1.53. The summed E-state index contributed by atoms with van der Waals surface area (Å²) in [5.74, 6) is 1.15. The monoisotopic (exact) mass is 268 g/mol. The smallest absolute Gasteiger partial charge is 0.161 e. The fraction of sp³-hybridized carbons (Fsp3) is 0.462. The van der Waals surface area contributed by atoms with Gasteiger partial charge in [0.25, 0.3) is 0 Å². The van der Waals surface area contributed by atoms with E-state index in [0.717, 1.165) is 23.0 Å². The molecule has 3 nitrogen and oxygen atoms in total. The van der Waals surface area contributed by atoms with Crippen LogP contribution in [-0.4, -0.2) is 23.6 Å². The lowest BCUT2D eigenvalue weighted by Gasteiger charge is -2.15. The SMILES string of the molecule is CCC1(C)CSC(Nc2ccc(F)cc2OC)=N1. The number of amidine groups is 1. The van der Waals surface area contributed by atoms with Gasteiger partial charge in [0.15, 0.2) is 5.17 Å². The Morgan fingerprint density at radius 1 is 1.56 bits per heavy atom. The third-order valence-corrected chi connectivity index (χ3v) is 4.29. The number of thioether (sulfide) groups is 1. The summed E-state index contributed by atoms with van der Waals surface area (Å²) in [4.78, 5) is 4.65. The first-order valence-corrected chi connectivity index (χ1v) is 6.88. The van der Waals surface area contributed by atoms with Crippen LogP contribution in [0.25, 0.3) is 0 Å². The van der Waals surface area contributed by atoms with Crippen LogP contribution in [0.15, 0.2) is 23.2 Å². The highest BCUT2D eigenvalue weighted by Gasteiger charge is 2.29. The van der Waals surface area contributed by atoms with E-state index in [9.17, 15) is 4.39 Å². The molecule has 1 N–H and O–H groups in total. The van der Waals surface area contributed by atoms with E-state index in [4.69, 9.17) is 4.74 Å². The fourth-order valence-electron chi connectivity index (χ4n) is 1.66. The Balaban J connectivity index is 2.18. The Bertz CT molecular complexity index is 478. The molecule has 0 aromatic heterocycles. The molecule has 0 saturated heterocycles. The zero-order valence-electron chi connectivity index (χ0n) is 10.8. The normalized spacial score (nSPS) is 22.8. The molecular weight excluding hydrogens is 251 g/mol. The van der Waals surface area contributed by atoms with Crippen molar-refractivity contribution in [3.63, 3.8) is 0 Å². The molecule has 0 bridgehead atoms. The van der Waals surface area contributed by atoms with Gasteiger partial charge < -0.3 is 10.1 Å². The van der Waals surface area contributed by atoms with Gasteiger partial charge in [0.05, 0.1) is 18.3 Å². The molecule has 1 aliphatic rings. The number of nitrogens with zero attached hydrogens (tertiary/aromatic N) is 1. The minimum absolute atomic E-state index is 0.000263. The number of anilines is 1. The van der Waals surface area contributed by atoms with Crippen LogP contribution in [0, 0.1) is 5.82 Å². The second-order valence-corrected chi connectivity index (χ2v) is 5.49. The molecule has 0 aliphatic carbocycles. The summed E-state index contributed by atoms with van der Waals surface area (Å²) in [5.41, 5.74) is 0.741. The largest absolute Gasteiger partial charge is 0.494 e. The molecular formula is C13H17FN2OS. The lowest BCUT2D eigenvalue weighted by Crippen LogP contribution is -2.20. The van der Waals surface area contributed by atoms with Crippen molar-refractivity contribution in [2.24, 2.45) is 4.99 Å². The van der Waals surface area contributed by atoms with Crippen molar-refractivity contribution in [1.82, 2.24) is 0 Å². The molecule has 0 fully saturated rings. The van der Waals surface area contributed by atoms with Crippen molar-refractivity contribution < 1.29 is 9.13 Å². The number of benzene rings is 1. The molecule has 1 aromatic rings. The Hall–Kier alpha value is -1.23. The van der Waals surface area contributed by atoms with E-state index in [1.807, 2.05) is 0 Å². The highest BCUT2D eigenvalue weighted by molar-refractivity contribution is 8.14. The number of ether oxygens (including phenoxy) is 1. The van der Waals surface area contributed by atoms with Gasteiger partial charge in [-0.1, -0.05) is 18.7 Å². The van der Waals surface area contributed by atoms with Gasteiger partial charge in [0.1, 0.15) is 11.6 Å². The van der Waals surface area contributed by atoms with Crippen molar-refractivity contribution in [2.75, 3.05) is 18.2 Å². The first-order chi connectivity index (χ1) is 8.56. The molecule has 2 rings (SSSR count). The van der Waals surface area contributed by atoms with E-state index in [2.05, 4.69) is 24.2 Å². The summed E-state index contributed by atoms with van der Waals surface area (Å²) in [5, 5.41) is 4.06. The molecule has 0 radical (unpaired) electrons. The number of hydrogen-bond donors (Lipinski definition) is 1. The van der Waals surface area contributed by atoms with Crippen LogP contribution in [0.3, 0.4) is 0 Å². The Kier molecular flexibility index (Phi) is 3.80. The fourth-order valence-corrected chi connectivity index (χ4v) is 2.85. The van der Waals surface area contributed by atoms with Crippen LogP contribution < -0.4 is 10.1 Å².